The molecule has 1 saturated heterocycles. The number of β-amino-alcohol motifs (C(OH)–C–C–N with tert-alkyl or cyclic N) is 1. The predicted molar refractivity (Wildman–Crippen MR) is 122 cm³/mol. The Labute approximate surface area is 192 Å². The molecule has 0 aliphatic carbocycles. The van der Waals surface area contributed by atoms with Crippen molar-refractivity contribution in [2.45, 2.75) is 58.3 Å². The van der Waals surface area contributed by atoms with Gasteiger partial charge < -0.3 is 21.1 Å². The summed E-state index contributed by atoms with van der Waals surface area (Å²) >= 11 is 0. The summed E-state index contributed by atoms with van der Waals surface area (Å²) in [5.74, 6) is -2.06. The maximum atomic E-state index is 14.0. The lowest BCUT2D eigenvalue weighted by Crippen LogP contribution is -2.55. The van der Waals surface area contributed by atoms with E-state index in [-0.39, 0.29) is 24.4 Å². The number of amides is 2. The van der Waals surface area contributed by atoms with Gasteiger partial charge in [0.1, 0.15) is 17.7 Å². The normalized spacial score (nSPS) is 20.4. The number of benzene rings is 2. The molecule has 1 aliphatic heterocycles. The van der Waals surface area contributed by atoms with Crippen molar-refractivity contribution in [3.63, 3.8) is 0 Å². The first-order valence-electron chi connectivity index (χ1n) is 11.0. The van der Waals surface area contributed by atoms with Gasteiger partial charge in [0.25, 0.3) is 0 Å². The summed E-state index contributed by atoms with van der Waals surface area (Å²) in [7, 11) is 0. The molecule has 2 aromatic rings. The molecular weight excluding hydrogens is 428 g/mol. The maximum absolute atomic E-state index is 14.0. The summed E-state index contributed by atoms with van der Waals surface area (Å²) < 4.78 is 28.1. The highest BCUT2D eigenvalue weighted by Gasteiger charge is 2.42. The van der Waals surface area contributed by atoms with Gasteiger partial charge in [0.2, 0.25) is 11.8 Å². The highest BCUT2D eigenvalue weighted by atomic mass is 19.1. The summed E-state index contributed by atoms with van der Waals surface area (Å²) in [6, 6.07) is 8.21. The first-order valence-corrected chi connectivity index (χ1v) is 11.0. The molecule has 0 aromatic heterocycles. The Morgan fingerprint density at radius 2 is 1.70 bits per heavy atom. The molecule has 0 spiro atoms. The first-order chi connectivity index (χ1) is 15.4. The van der Waals surface area contributed by atoms with Crippen LogP contribution in [0.25, 0.3) is 11.1 Å². The van der Waals surface area contributed by atoms with Crippen molar-refractivity contribution in [3.8, 4) is 11.1 Å². The Morgan fingerprint density at radius 1 is 1.12 bits per heavy atom. The molecule has 0 saturated carbocycles. The van der Waals surface area contributed by atoms with Crippen LogP contribution in [0.15, 0.2) is 42.5 Å². The molecule has 178 valence electrons. The van der Waals surface area contributed by atoms with Crippen molar-refractivity contribution in [1.82, 2.24) is 10.2 Å². The number of nitrogens with two attached hydrogens (primary N) is 1. The number of aliphatic hydroxyl groups is 1. The van der Waals surface area contributed by atoms with Crippen molar-refractivity contribution in [2.24, 2.45) is 11.1 Å². The van der Waals surface area contributed by atoms with E-state index in [1.807, 2.05) is 20.8 Å². The number of aliphatic hydroxyl groups excluding tert-OH is 1. The number of rotatable bonds is 5. The van der Waals surface area contributed by atoms with Gasteiger partial charge in [0.15, 0.2) is 0 Å². The minimum Gasteiger partial charge on any atom is -0.391 e. The largest absolute Gasteiger partial charge is 0.391 e. The van der Waals surface area contributed by atoms with Gasteiger partial charge in [-0.25, -0.2) is 8.78 Å². The molecule has 1 fully saturated rings. The van der Waals surface area contributed by atoms with E-state index in [1.165, 1.54) is 23.1 Å². The Morgan fingerprint density at radius 3 is 2.24 bits per heavy atom. The minimum atomic E-state index is -0.824. The molecular formula is C25H31F2N3O3. The predicted octanol–water partition coefficient (Wildman–Crippen LogP) is 3.14. The highest BCUT2D eigenvalue weighted by molar-refractivity contribution is 5.91. The molecule has 0 unspecified atom stereocenters. The number of carbonyl (C=O) groups excluding carboxylic acids is 2. The molecule has 0 radical (unpaired) electrons. The molecule has 2 aromatic carbocycles. The van der Waals surface area contributed by atoms with Crippen LogP contribution in [-0.4, -0.2) is 46.6 Å². The van der Waals surface area contributed by atoms with E-state index in [2.05, 4.69) is 5.32 Å². The zero-order chi connectivity index (χ0) is 24.5. The van der Waals surface area contributed by atoms with Crippen LogP contribution >= 0.6 is 0 Å². The lowest BCUT2D eigenvalue weighted by molar-refractivity contribution is -0.141. The summed E-state index contributed by atoms with van der Waals surface area (Å²) in [5, 5.41) is 13.0. The molecule has 2 amide bonds. The lowest BCUT2D eigenvalue weighted by Gasteiger charge is -2.32. The van der Waals surface area contributed by atoms with E-state index in [1.54, 1.807) is 31.2 Å². The monoisotopic (exact) mass is 459 g/mol. The number of likely N-dealkylation sites (tertiary alicyclic amines) is 1. The Kier molecular flexibility index (Phi) is 7.19. The third-order valence-corrected chi connectivity index (χ3v) is 6.08. The SMILES string of the molecule is C[C@H](NC(=O)[C@@H]1C[C@@H](O)CN1C(=O)[C@@H](N)C(C)(C)C)c1ccc(-c2c(F)cccc2F)cc1. The van der Waals surface area contributed by atoms with Crippen LogP contribution < -0.4 is 11.1 Å². The Hall–Kier alpha value is -2.84. The van der Waals surface area contributed by atoms with Crippen LogP contribution in [0, 0.1) is 17.0 Å². The molecule has 0 bridgehead atoms. The van der Waals surface area contributed by atoms with Crippen LogP contribution in [0.2, 0.25) is 0 Å². The first kappa shape index (κ1) is 24.8. The molecule has 4 N–H and O–H groups in total. The van der Waals surface area contributed by atoms with Gasteiger partial charge in [-0.1, -0.05) is 51.1 Å². The number of nitrogens with one attached hydrogen (secondary N) is 1. The van der Waals surface area contributed by atoms with Crippen molar-refractivity contribution in [1.29, 1.82) is 0 Å². The van der Waals surface area contributed by atoms with Gasteiger partial charge in [-0.3, -0.25) is 9.59 Å². The second-order valence-electron chi connectivity index (χ2n) is 9.69. The standard InChI is InChI=1S/C25H31F2N3O3/c1-14(15-8-10-16(11-9-15)21-18(26)6-5-7-19(21)27)29-23(32)20-12-17(31)13-30(20)24(33)22(28)25(2,3)4/h5-11,14,17,20,22,31H,12-13,28H2,1-4H3,(H,29,32)/t14-,17+,20-,22+/m0/s1. The second kappa shape index (κ2) is 9.57. The summed E-state index contributed by atoms with van der Waals surface area (Å²) in [6.45, 7) is 7.36. The van der Waals surface area contributed by atoms with Gasteiger partial charge in [-0.2, -0.15) is 0 Å². The van der Waals surface area contributed by atoms with E-state index in [4.69, 9.17) is 5.73 Å². The van der Waals surface area contributed by atoms with Crippen molar-refractivity contribution in [2.75, 3.05) is 6.54 Å². The third-order valence-electron chi connectivity index (χ3n) is 6.08. The molecule has 4 atom stereocenters. The van der Waals surface area contributed by atoms with Crippen molar-refractivity contribution < 1.29 is 23.5 Å². The zero-order valence-corrected chi connectivity index (χ0v) is 19.3. The number of nitrogens with zero attached hydrogens (tertiary/aromatic N) is 1. The highest BCUT2D eigenvalue weighted by Crippen LogP contribution is 2.28. The molecule has 33 heavy (non-hydrogen) atoms. The molecule has 1 aliphatic rings. The summed E-state index contributed by atoms with van der Waals surface area (Å²) in [6.07, 6.45) is -0.672. The van der Waals surface area contributed by atoms with E-state index in [0.29, 0.717) is 5.56 Å². The Bertz CT molecular complexity index is 1000. The fraction of sp³-hybridized carbons (Fsp3) is 0.440. The second-order valence-corrected chi connectivity index (χ2v) is 9.69. The van der Waals surface area contributed by atoms with Crippen LogP contribution in [0.5, 0.6) is 0 Å². The minimum absolute atomic E-state index is 0.0536. The van der Waals surface area contributed by atoms with E-state index in [0.717, 1.165) is 5.56 Å². The lowest BCUT2D eigenvalue weighted by atomic mass is 9.86. The average molecular weight is 460 g/mol. The van der Waals surface area contributed by atoms with Crippen molar-refractivity contribution in [3.05, 3.63) is 59.7 Å². The zero-order valence-electron chi connectivity index (χ0n) is 19.3. The molecule has 3 rings (SSSR count). The van der Waals surface area contributed by atoms with Crippen LogP contribution in [0.3, 0.4) is 0 Å². The van der Waals surface area contributed by atoms with Gasteiger partial charge >= 0.3 is 0 Å². The van der Waals surface area contributed by atoms with Crippen LogP contribution in [0.4, 0.5) is 8.78 Å². The van der Waals surface area contributed by atoms with Gasteiger partial charge in [0.05, 0.1) is 23.8 Å². The quantitative estimate of drug-likeness (QED) is 0.640. The fourth-order valence-electron chi connectivity index (χ4n) is 3.96. The fourth-order valence-corrected chi connectivity index (χ4v) is 3.96. The van der Waals surface area contributed by atoms with Crippen molar-refractivity contribution >= 4 is 11.8 Å². The average Bonchev–Trinajstić information content (AvgIpc) is 3.14. The van der Waals surface area contributed by atoms with E-state index < -0.39 is 47.2 Å². The van der Waals surface area contributed by atoms with Crippen LogP contribution in [0.1, 0.15) is 45.7 Å². The summed E-state index contributed by atoms with van der Waals surface area (Å²) in [5.41, 5.74) is 6.62. The smallest absolute Gasteiger partial charge is 0.243 e. The van der Waals surface area contributed by atoms with Gasteiger partial charge in [-0.15, -0.1) is 0 Å². The molecule has 6 nitrogen and oxygen atoms in total. The number of hydrogen-bond donors (Lipinski definition) is 3. The molecule has 1 heterocycles. The number of carbonyl (C=O) groups is 2. The topological polar surface area (TPSA) is 95.7 Å². The van der Waals surface area contributed by atoms with Gasteiger partial charge in [-0.05, 0) is 35.6 Å². The number of halogens is 2. The number of hydrogen-bond acceptors (Lipinski definition) is 4. The third kappa shape index (κ3) is 5.39. The molecule has 8 heteroatoms. The Balaban J connectivity index is 1.72. The van der Waals surface area contributed by atoms with Gasteiger partial charge in [0, 0.05) is 13.0 Å². The summed E-state index contributed by atoms with van der Waals surface area (Å²) in [4.78, 5) is 27.2. The van der Waals surface area contributed by atoms with E-state index >= 15 is 0 Å². The van der Waals surface area contributed by atoms with Crippen LogP contribution in [-0.2, 0) is 9.59 Å². The van der Waals surface area contributed by atoms with E-state index in [9.17, 15) is 23.5 Å². The maximum Gasteiger partial charge on any atom is 0.243 e.